The van der Waals surface area contributed by atoms with E-state index in [1.807, 2.05) is 0 Å². The van der Waals surface area contributed by atoms with Gasteiger partial charge in [-0.3, -0.25) is 0 Å². The van der Waals surface area contributed by atoms with E-state index in [0.717, 1.165) is 5.56 Å². The lowest BCUT2D eigenvalue weighted by Gasteiger charge is -2.14. The maximum absolute atomic E-state index is 13.2. The summed E-state index contributed by atoms with van der Waals surface area (Å²) in [6, 6.07) is 16.6. The number of benzene rings is 3. The molecule has 0 saturated carbocycles. The van der Waals surface area contributed by atoms with Gasteiger partial charge in [0.15, 0.2) is 0 Å². The van der Waals surface area contributed by atoms with E-state index in [1.165, 1.54) is 24.3 Å². The van der Waals surface area contributed by atoms with Gasteiger partial charge in [0, 0.05) is 11.9 Å². The van der Waals surface area contributed by atoms with Crippen LogP contribution in [0.5, 0.6) is 0 Å². The molecule has 1 aromatic heterocycles. The topological polar surface area (TPSA) is 49.8 Å². The van der Waals surface area contributed by atoms with Gasteiger partial charge in [-0.15, -0.1) is 0 Å². The van der Waals surface area contributed by atoms with Crippen molar-refractivity contribution in [3.8, 4) is 11.1 Å². The molecule has 0 unspecified atom stereocenters. The summed E-state index contributed by atoms with van der Waals surface area (Å²) in [6.45, 7) is -1.00. The molecule has 4 rings (SSSR count). The fraction of sp³-hybridized carbons (Fsp3) is 0.130. The van der Waals surface area contributed by atoms with E-state index in [4.69, 9.17) is 0 Å². The van der Waals surface area contributed by atoms with Crippen molar-refractivity contribution < 1.29 is 22.0 Å². The number of fused-ring (bicyclic) bond motifs is 1. The van der Waals surface area contributed by atoms with Crippen molar-refractivity contribution in [1.82, 2.24) is 9.97 Å². The molecular formula is C23H17F5N4. The third-order valence-electron chi connectivity index (χ3n) is 4.69. The smallest absolute Gasteiger partial charge is 0.360 e. The summed E-state index contributed by atoms with van der Waals surface area (Å²) in [7, 11) is 0. The van der Waals surface area contributed by atoms with Crippen molar-refractivity contribution in [2.75, 3.05) is 17.2 Å². The highest BCUT2D eigenvalue weighted by Crippen LogP contribution is 2.29. The molecule has 0 atom stereocenters. The predicted octanol–water partition coefficient (Wildman–Crippen LogP) is 6.16. The molecule has 0 saturated heterocycles. The van der Waals surface area contributed by atoms with Crippen LogP contribution in [0, 0.1) is 11.6 Å². The van der Waals surface area contributed by atoms with Gasteiger partial charge in [-0.05, 0) is 53.1 Å². The number of alkyl halides is 3. The molecule has 4 aromatic rings. The lowest BCUT2D eigenvalue weighted by atomic mass is 10.0. The molecular weight excluding hydrogens is 427 g/mol. The molecule has 32 heavy (non-hydrogen) atoms. The highest BCUT2D eigenvalue weighted by atomic mass is 19.4. The maximum Gasteiger partial charge on any atom is 0.405 e. The zero-order chi connectivity index (χ0) is 22.7. The molecule has 0 radical (unpaired) electrons. The van der Waals surface area contributed by atoms with E-state index in [2.05, 4.69) is 20.6 Å². The van der Waals surface area contributed by atoms with Gasteiger partial charge in [-0.1, -0.05) is 30.3 Å². The molecule has 3 aromatic carbocycles. The van der Waals surface area contributed by atoms with Gasteiger partial charge in [0.1, 0.15) is 24.0 Å². The van der Waals surface area contributed by atoms with Gasteiger partial charge < -0.3 is 10.6 Å². The second-order valence-corrected chi connectivity index (χ2v) is 7.08. The van der Waals surface area contributed by atoms with E-state index in [0.29, 0.717) is 22.0 Å². The predicted molar refractivity (Wildman–Crippen MR) is 113 cm³/mol. The number of hydrogen-bond acceptors (Lipinski definition) is 4. The van der Waals surface area contributed by atoms with Crippen molar-refractivity contribution >= 4 is 22.7 Å². The van der Waals surface area contributed by atoms with E-state index in [9.17, 15) is 22.0 Å². The number of anilines is 2. The summed E-state index contributed by atoms with van der Waals surface area (Å²) < 4.78 is 64.8. The summed E-state index contributed by atoms with van der Waals surface area (Å²) in [6.07, 6.45) is -4.44. The Kier molecular flexibility index (Phi) is 5.89. The van der Waals surface area contributed by atoms with Crippen LogP contribution in [0.25, 0.3) is 22.0 Å². The Hall–Kier alpha value is -3.75. The van der Waals surface area contributed by atoms with Crippen LogP contribution in [0.3, 0.4) is 0 Å². The van der Waals surface area contributed by atoms with Crippen LogP contribution in [-0.4, -0.2) is 22.7 Å². The van der Waals surface area contributed by atoms with E-state index < -0.39 is 12.7 Å². The minimum Gasteiger partial charge on any atom is -0.360 e. The Bertz CT molecular complexity index is 1220. The van der Waals surface area contributed by atoms with Crippen LogP contribution in [0.1, 0.15) is 5.56 Å². The third-order valence-corrected chi connectivity index (χ3v) is 4.69. The van der Waals surface area contributed by atoms with Crippen LogP contribution in [0.4, 0.5) is 33.7 Å². The molecule has 0 aliphatic carbocycles. The Labute approximate surface area is 180 Å². The minimum absolute atomic E-state index is 0.0119. The summed E-state index contributed by atoms with van der Waals surface area (Å²) in [5.41, 5.74) is 2.57. The van der Waals surface area contributed by atoms with Gasteiger partial charge in [0.2, 0.25) is 5.95 Å². The Morgan fingerprint density at radius 1 is 0.719 bits per heavy atom. The number of hydrogen-bond donors (Lipinski definition) is 2. The van der Waals surface area contributed by atoms with Gasteiger partial charge in [0.05, 0.1) is 5.52 Å². The second-order valence-electron chi connectivity index (χ2n) is 7.08. The molecule has 9 heteroatoms. The van der Waals surface area contributed by atoms with Crippen LogP contribution >= 0.6 is 0 Å². The fourth-order valence-corrected chi connectivity index (χ4v) is 3.13. The molecule has 0 aliphatic rings. The summed E-state index contributed by atoms with van der Waals surface area (Å²) in [5.74, 6) is -0.618. The van der Waals surface area contributed by atoms with Crippen LogP contribution < -0.4 is 10.6 Å². The molecule has 164 valence electrons. The first-order valence-electron chi connectivity index (χ1n) is 9.63. The van der Waals surface area contributed by atoms with Gasteiger partial charge in [0.25, 0.3) is 0 Å². The molecule has 2 N–H and O–H groups in total. The molecule has 4 nitrogen and oxygen atoms in total. The highest BCUT2D eigenvalue weighted by molar-refractivity contribution is 5.93. The normalized spacial score (nSPS) is 11.5. The molecule has 0 amide bonds. The number of rotatable bonds is 6. The standard InChI is InChI=1S/C23H17F5N4/c24-17-6-1-14(2-7-17)12-29-22-31-20-10-5-16(15-3-8-18(25)9-4-15)11-19(20)21(32-22)30-13-23(26,27)28/h1-11H,12-13H2,(H2,29,30,31,32). The summed E-state index contributed by atoms with van der Waals surface area (Å²) >= 11 is 0. The molecule has 0 bridgehead atoms. The lowest BCUT2D eigenvalue weighted by molar-refractivity contribution is -0.115. The highest BCUT2D eigenvalue weighted by Gasteiger charge is 2.27. The van der Waals surface area contributed by atoms with Crippen molar-refractivity contribution in [2.24, 2.45) is 0 Å². The van der Waals surface area contributed by atoms with Crippen LogP contribution in [0.2, 0.25) is 0 Å². The average Bonchev–Trinajstić information content (AvgIpc) is 2.77. The zero-order valence-corrected chi connectivity index (χ0v) is 16.5. The fourth-order valence-electron chi connectivity index (χ4n) is 3.13. The maximum atomic E-state index is 13.2. The van der Waals surface area contributed by atoms with Gasteiger partial charge >= 0.3 is 6.18 Å². The minimum atomic E-state index is -4.44. The average molecular weight is 444 g/mol. The molecule has 1 heterocycles. The first kappa shape index (κ1) is 21.5. The molecule has 0 spiro atoms. The van der Waals surface area contributed by atoms with Gasteiger partial charge in [-0.25, -0.2) is 13.8 Å². The first-order chi connectivity index (χ1) is 15.3. The Morgan fingerprint density at radius 3 is 2.00 bits per heavy atom. The van der Waals surface area contributed by atoms with Crippen LogP contribution in [0.15, 0.2) is 66.7 Å². The Balaban J connectivity index is 1.68. The van der Waals surface area contributed by atoms with E-state index in [-0.39, 0.29) is 29.9 Å². The van der Waals surface area contributed by atoms with Crippen LogP contribution in [-0.2, 0) is 6.54 Å². The number of nitrogens with one attached hydrogen (secondary N) is 2. The quantitative estimate of drug-likeness (QED) is 0.350. The monoisotopic (exact) mass is 444 g/mol. The molecule has 0 fully saturated rings. The summed E-state index contributed by atoms with van der Waals surface area (Å²) in [4.78, 5) is 8.60. The van der Waals surface area contributed by atoms with Gasteiger partial charge in [-0.2, -0.15) is 18.2 Å². The first-order valence-corrected chi connectivity index (χ1v) is 9.63. The largest absolute Gasteiger partial charge is 0.405 e. The Morgan fingerprint density at radius 2 is 1.34 bits per heavy atom. The zero-order valence-electron chi connectivity index (χ0n) is 16.5. The number of nitrogens with zero attached hydrogens (tertiary/aromatic N) is 2. The van der Waals surface area contributed by atoms with E-state index >= 15 is 0 Å². The van der Waals surface area contributed by atoms with Crippen molar-refractivity contribution in [2.45, 2.75) is 12.7 Å². The molecule has 0 aliphatic heterocycles. The van der Waals surface area contributed by atoms with Crippen molar-refractivity contribution in [3.05, 3.63) is 83.9 Å². The van der Waals surface area contributed by atoms with Crippen molar-refractivity contribution in [3.63, 3.8) is 0 Å². The SMILES string of the molecule is Fc1ccc(CNc2nc(NCC(F)(F)F)c3cc(-c4ccc(F)cc4)ccc3n2)cc1. The number of halogens is 5. The van der Waals surface area contributed by atoms with E-state index in [1.54, 1.807) is 42.5 Å². The van der Waals surface area contributed by atoms with Crippen molar-refractivity contribution in [1.29, 1.82) is 0 Å². The second kappa shape index (κ2) is 8.78. The third kappa shape index (κ3) is 5.29. The summed E-state index contributed by atoms with van der Waals surface area (Å²) in [5, 5.41) is 5.68. The number of aromatic nitrogens is 2. The lowest BCUT2D eigenvalue weighted by Crippen LogP contribution is -2.22.